The fraction of sp³-hybridized carbons (Fsp3) is 0.538. The van der Waals surface area contributed by atoms with Gasteiger partial charge in [0, 0.05) is 40.3 Å². The number of anilines is 1. The predicted molar refractivity (Wildman–Crippen MR) is 80.3 cm³/mol. The van der Waals surface area contributed by atoms with E-state index in [-0.39, 0.29) is 0 Å². The highest BCUT2D eigenvalue weighted by molar-refractivity contribution is 9.10. The zero-order chi connectivity index (χ0) is 12.4. The topological polar surface area (TPSA) is 29.3 Å². The SMILES string of the molecule is CC1CN(Cc2cccc(N)c2Br)CC(C)S1. The van der Waals surface area contributed by atoms with Crippen LogP contribution >= 0.6 is 27.7 Å². The second kappa shape index (κ2) is 5.63. The molecule has 4 heteroatoms. The molecule has 0 aromatic heterocycles. The normalized spacial score (nSPS) is 26.1. The highest BCUT2D eigenvalue weighted by atomic mass is 79.9. The molecule has 17 heavy (non-hydrogen) atoms. The Bertz CT molecular complexity index is 387. The molecule has 0 spiro atoms. The molecule has 1 fully saturated rings. The summed E-state index contributed by atoms with van der Waals surface area (Å²) in [6, 6.07) is 6.11. The van der Waals surface area contributed by atoms with Gasteiger partial charge in [-0.25, -0.2) is 0 Å². The van der Waals surface area contributed by atoms with Crippen LogP contribution in [0.4, 0.5) is 5.69 Å². The van der Waals surface area contributed by atoms with Crippen molar-refractivity contribution in [2.45, 2.75) is 30.9 Å². The lowest BCUT2D eigenvalue weighted by Crippen LogP contribution is -2.39. The predicted octanol–water partition coefficient (Wildman–Crippen LogP) is 3.36. The van der Waals surface area contributed by atoms with E-state index >= 15 is 0 Å². The number of hydrogen-bond donors (Lipinski definition) is 1. The van der Waals surface area contributed by atoms with Crippen molar-refractivity contribution in [1.29, 1.82) is 0 Å². The smallest absolute Gasteiger partial charge is 0.0461 e. The third kappa shape index (κ3) is 3.39. The van der Waals surface area contributed by atoms with Crippen LogP contribution in [0, 0.1) is 0 Å². The average Bonchev–Trinajstić information content (AvgIpc) is 2.23. The molecule has 2 unspecified atom stereocenters. The van der Waals surface area contributed by atoms with Gasteiger partial charge in [-0.15, -0.1) is 0 Å². The van der Waals surface area contributed by atoms with Gasteiger partial charge in [0.2, 0.25) is 0 Å². The quantitative estimate of drug-likeness (QED) is 0.849. The fourth-order valence-electron chi connectivity index (χ4n) is 2.38. The van der Waals surface area contributed by atoms with Crippen molar-refractivity contribution in [3.63, 3.8) is 0 Å². The molecule has 1 aliphatic heterocycles. The monoisotopic (exact) mass is 314 g/mol. The van der Waals surface area contributed by atoms with Crippen molar-refractivity contribution in [3.05, 3.63) is 28.2 Å². The first-order valence-corrected chi connectivity index (χ1v) is 7.70. The highest BCUT2D eigenvalue weighted by Crippen LogP contribution is 2.29. The number of benzene rings is 1. The lowest BCUT2D eigenvalue weighted by atomic mass is 10.2. The summed E-state index contributed by atoms with van der Waals surface area (Å²) >= 11 is 5.67. The van der Waals surface area contributed by atoms with Crippen LogP contribution in [-0.2, 0) is 6.54 Å². The van der Waals surface area contributed by atoms with Crippen molar-refractivity contribution in [3.8, 4) is 0 Å². The maximum absolute atomic E-state index is 5.91. The Morgan fingerprint density at radius 1 is 1.35 bits per heavy atom. The third-order valence-electron chi connectivity index (χ3n) is 3.00. The van der Waals surface area contributed by atoms with Gasteiger partial charge in [0.1, 0.15) is 0 Å². The van der Waals surface area contributed by atoms with E-state index in [1.807, 2.05) is 12.1 Å². The Hall–Kier alpha value is -0.190. The third-order valence-corrected chi connectivity index (χ3v) is 5.19. The summed E-state index contributed by atoms with van der Waals surface area (Å²) in [5.41, 5.74) is 8.03. The Labute approximate surface area is 116 Å². The van der Waals surface area contributed by atoms with Crippen molar-refractivity contribution in [1.82, 2.24) is 4.90 Å². The number of nitrogens with zero attached hydrogens (tertiary/aromatic N) is 1. The molecule has 0 saturated carbocycles. The van der Waals surface area contributed by atoms with Crippen LogP contribution in [0.1, 0.15) is 19.4 Å². The fourth-order valence-corrected chi connectivity index (χ4v) is 4.15. The van der Waals surface area contributed by atoms with Gasteiger partial charge in [0.25, 0.3) is 0 Å². The first kappa shape index (κ1) is 13.2. The molecular formula is C13H19BrN2S. The minimum atomic E-state index is 0.721. The van der Waals surface area contributed by atoms with Crippen LogP contribution < -0.4 is 5.73 Å². The van der Waals surface area contributed by atoms with Gasteiger partial charge in [-0.3, -0.25) is 4.90 Å². The Balaban J connectivity index is 2.07. The number of rotatable bonds is 2. The Morgan fingerprint density at radius 3 is 2.65 bits per heavy atom. The molecule has 2 atom stereocenters. The summed E-state index contributed by atoms with van der Waals surface area (Å²) in [7, 11) is 0. The van der Waals surface area contributed by atoms with E-state index in [0.717, 1.165) is 40.3 Å². The van der Waals surface area contributed by atoms with Gasteiger partial charge < -0.3 is 5.73 Å². The lowest BCUT2D eigenvalue weighted by molar-refractivity contribution is 0.262. The van der Waals surface area contributed by atoms with Gasteiger partial charge in [0.15, 0.2) is 0 Å². The molecule has 1 aromatic rings. The number of nitrogens with two attached hydrogens (primary N) is 1. The van der Waals surface area contributed by atoms with Gasteiger partial charge in [-0.1, -0.05) is 26.0 Å². The maximum atomic E-state index is 5.91. The van der Waals surface area contributed by atoms with E-state index in [9.17, 15) is 0 Å². The van der Waals surface area contributed by atoms with E-state index in [1.54, 1.807) is 0 Å². The Kier molecular flexibility index (Phi) is 4.39. The molecule has 1 saturated heterocycles. The summed E-state index contributed by atoms with van der Waals surface area (Å²) in [5.74, 6) is 0. The van der Waals surface area contributed by atoms with Crippen molar-refractivity contribution < 1.29 is 0 Å². The number of hydrogen-bond acceptors (Lipinski definition) is 3. The molecule has 2 nitrogen and oxygen atoms in total. The Morgan fingerprint density at radius 2 is 2.00 bits per heavy atom. The summed E-state index contributed by atoms with van der Waals surface area (Å²) in [6.45, 7) is 7.93. The van der Waals surface area contributed by atoms with E-state index in [4.69, 9.17) is 5.73 Å². The van der Waals surface area contributed by atoms with E-state index in [0.29, 0.717) is 0 Å². The van der Waals surface area contributed by atoms with Crippen LogP contribution in [0.2, 0.25) is 0 Å². The van der Waals surface area contributed by atoms with Crippen molar-refractivity contribution in [2.75, 3.05) is 18.8 Å². The summed E-state index contributed by atoms with van der Waals surface area (Å²) in [4.78, 5) is 2.52. The molecular weight excluding hydrogens is 296 g/mol. The highest BCUT2D eigenvalue weighted by Gasteiger charge is 2.22. The van der Waals surface area contributed by atoms with E-state index in [1.165, 1.54) is 5.56 Å². The minimum Gasteiger partial charge on any atom is -0.398 e. The second-order valence-corrected chi connectivity index (χ2v) is 7.45. The molecule has 0 aliphatic carbocycles. The van der Waals surface area contributed by atoms with Crippen molar-refractivity contribution in [2.24, 2.45) is 0 Å². The minimum absolute atomic E-state index is 0.721. The number of nitrogen functional groups attached to an aromatic ring is 1. The lowest BCUT2D eigenvalue weighted by Gasteiger charge is -2.34. The van der Waals surface area contributed by atoms with Crippen LogP contribution in [0.15, 0.2) is 22.7 Å². The first-order chi connectivity index (χ1) is 8.06. The van der Waals surface area contributed by atoms with Crippen molar-refractivity contribution >= 4 is 33.4 Å². The zero-order valence-corrected chi connectivity index (χ0v) is 12.7. The standard InChI is InChI=1S/C13H19BrN2S/c1-9-6-16(7-10(2)17-9)8-11-4-3-5-12(15)13(11)14/h3-5,9-10H,6-8,15H2,1-2H3. The average molecular weight is 315 g/mol. The molecule has 0 radical (unpaired) electrons. The van der Waals surface area contributed by atoms with Gasteiger partial charge >= 0.3 is 0 Å². The second-order valence-electron chi connectivity index (χ2n) is 4.77. The molecule has 1 aromatic carbocycles. The number of halogens is 1. The van der Waals surface area contributed by atoms with E-state index in [2.05, 4.69) is 52.5 Å². The molecule has 2 N–H and O–H groups in total. The van der Waals surface area contributed by atoms with Crippen LogP contribution in [0.3, 0.4) is 0 Å². The van der Waals surface area contributed by atoms with Crippen LogP contribution in [0.25, 0.3) is 0 Å². The molecule has 2 rings (SSSR count). The first-order valence-electron chi connectivity index (χ1n) is 5.97. The summed E-state index contributed by atoms with van der Waals surface area (Å²) in [6.07, 6.45) is 0. The molecule has 1 heterocycles. The molecule has 0 amide bonds. The molecule has 0 bridgehead atoms. The molecule has 94 valence electrons. The van der Waals surface area contributed by atoms with E-state index < -0.39 is 0 Å². The van der Waals surface area contributed by atoms with Crippen LogP contribution in [0.5, 0.6) is 0 Å². The van der Waals surface area contributed by atoms with Gasteiger partial charge in [-0.05, 0) is 27.6 Å². The largest absolute Gasteiger partial charge is 0.398 e. The van der Waals surface area contributed by atoms with Gasteiger partial charge in [0.05, 0.1) is 0 Å². The molecule has 1 aliphatic rings. The van der Waals surface area contributed by atoms with Crippen LogP contribution in [-0.4, -0.2) is 28.5 Å². The maximum Gasteiger partial charge on any atom is 0.0461 e. The zero-order valence-electron chi connectivity index (χ0n) is 10.3. The summed E-state index contributed by atoms with van der Waals surface area (Å²) in [5, 5.41) is 1.44. The summed E-state index contributed by atoms with van der Waals surface area (Å²) < 4.78 is 1.05. The van der Waals surface area contributed by atoms with Gasteiger partial charge in [-0.2, -0.15) is 11.8 Å². The number of thioether (sulfide) groups is 1.